The summed E-state index contributed by atoms with van der Waals surface area (Å²) in [6, 6.07) is 4.45. The van der Waals surface area contributed by atoms with E-state index in [1.807, 2.05) is 4.57 Å². The first-order chi connectivity index (χ1) is 9.51. The van der Waals surface area contributed by atoms with Crippen molar-refractivity contribution in [2.75, 3.05) is 5.75 Å². The lowest BCUT2D eigenvalue weighted by Crippen LogP contribution is -2.09. The Morgan fingerprint density at radius 1 is 1.55 bits per heavy atom. The fourth-order valence-corrected chi connectivity index (χ4v) is 2.67. The van der Waals surface area contributed by atoms with Gasteiger partial charge in [-0.1, -0.05) is 32.0 Å². The summed E-state index contributed by atoms with van der Waals surface area (Å²) in [7, 11) is 0. The van der Waals surface area contributed by atoms with Crippen LogP contribution >= 0.6 is 11.8 Å². The first-order valence-corrected chi connectivity index (χ1v) is 7.50. The second kappa shape index (κ2) is 6.26. The normalized spacial score (nSPS) is 12.8. The molecule has 0 saturated carbocycles. The molecule has 1 atom stereocenters. The van der Waals surface area contributed by atoms with Gasteiger partial charge in [-0.25, -0.2) is 9.37 Å². The molecule has 0 aliphatic heterocycles. The zero-order valence-corrected chi connectivity index (χ0v) is 12.3. The number of imidazole rings is 1. The van der Waals surface area contributed by atoms with Crippen LogP contribution in [0.1, 0.15) is 20.3 Å². The molecule has 1 heterocycles. The number of fused-ring (bicyclic) bond motifs is 1. The number of benzene rings is 1. The standard InChI is InChI=1S/C14H17FN2O2S/c1-3-9(2)7-17-12-6-10(15)4-5-11(12)16-14(17)20-8-13(18)19/h4-6,9H,3,7-8H2,1-2H3,(H,18,19). The van der Waals surface area contributed by atoms with Gasteiger partial charge in [0.1, 0.15) is 5.82 Å². The second-order valence-corrected chi connectivity index (χ2v) is 5.78. The molecule has 0 saturated heterocycles. The molecule has 0 amide bonds. The van der Waals surface area contributed by atoms with Crippen molar-refractivity contribution in [1.29, 1.82) is 0 Å². The lowest BCUT2D eigenvalue weighted by atomic mass is 10.1. The van der Waals surface area contributed by atoms with Gasteiger partial charge in [-0.3, -0.25) is 4.79 Å². The number of carbonyl (C=O) groups is 1. The van der Waals surface area contributed by atoms with Crippen LogP contribution in [0.15, 0.2) is 23.4 Å². The average molecular weight is 296 g/mol. The Morgan fingerprint density at radius 2 is 2.30 bits per heavy atom. The minimum absolute atomic E-state index is 0.0493. The van der Waals surface area contributed by atoms with Crippen LogP contribution in [-0.4, -0.2) is 26.4 Å². The van der Waals surface area contributed by atoms with E-state index in [4.69, 9.17) is 5.11 Å². The maximum absolute atomic E-state index is 13.4. The third-order valence-corrected chi connectivity index (χ3v) is 4.15. The van der Waals surface area contributed by atoms with Crippen LogP contribution in [0.3, 0.4) is 0 Å². The number of carboxylic acid groups (broad SMARTS) is 1. The fraction of sp³-hybridized carbons (Fsp3) is 0.429. The summed E-state index contributed by atoms with van der Waals surface area (Å²) < 4.78 is 15.3. The first-order valence-electron chi connectivity index (χ1n) is 6.51. The van der Waals surface area contributed by atoms with Gasteiger partial charge in [-0.05, 0) is 24.1 Å². The third-order valence-electron chi connectivity index (χ3n) is 3.19. The van der Waals surface area contributed by atoms with Gasteiger partial charge in [0.25, 0.3) is 0 Å². The number of halogens is 1. The van der Waals surface area contributed by atoms with E-state index in [1.54, 1.807) is 6.07 Å². The molecule has 1 aromatic heterocycles. The Morgan fingerprint density at radius 3 is 2.95 bits per heavy atom. The van der Waals surface area contributed by atoms with Crippen LogP contribution in [0.4, 0.5) is 4.39 Å². The molecule has 1 N–H and O–H groups in total. The highest BCUT2D eigenvalue weighted by atomic mass is 32.2. The highest BCUT2D eigenvalue weighted by Gasteiger charge is 2.15. The van der Waals surface area contributed by atoms with Crippen LogP contribution in [0, 0.1) is 11.7 Å². The van der Waals surface area contributed by atoms with Crippen molar-refractivity contribution in [3.63, 3.8) is 0 Å². The highest BCUT2D eigenvalue weighted by Crippen LogP contribution is 2.26. The minimum Gasteiger partial charge on any atom is -0.481 e. The summed E-state index contributed by atoms with van der Waals surface area (Å²) in [5, 5.41) is 9.43. The molecule has 2 aromatic rings. The molecule has 0 spiro atoms. The number of rotatable bonds is 6. The molecule has 0 fully saturated rings. The van der Waals surface area contributed by atoms with Crippen molar-refractivity contribution in [1.82, 2.24) is 9.55 Å². The van der Waals surface area contributed by atoms with Crippen LogP contribution in [-0.2, 0) is 11.3 Å². The van der Waals surface area contributed by atoms with E-state index >= 15 is 0 Å². The topological polar surface area (TPSA) is 55.1 Å². The summed E-state index contributed by atoms with van der Waals surface area (Å²) in [5.74, 6) is -0.826. The van der Waals surface area contributed by atoms with Gasteiger partial charge in [-0.15, -0.1) is 0 Å². The number of carboxylic acids is 1. The number of hydrogen-bond donors (Lipinski definition) is 1. The van der Waals surface area contributed by atoms with Crippen molar-refractivity contribution < 1.29 is 14.3 Å². The highest BCUT2D eigenvalue weighted by molar-refractivity contribution is 7.99. The number of nitrogens with zero attached hydrogens (tertiary/aromatic N) is 2. The Balaban J connectivity index is 2.42. The molecule has 0 bridgehead atoms. The maximum atomic E-state index is 13.4. The van der Waals surface area contributed by atoms with Crippen molar-refractivity contribution in [2.45, 2.75) is 32.0 Å². The van der Waals surface area contributed by atoms with Gasteiger partial charge in [0, 0.05) is 6.54 Å². The Bertz CT molecular complexity index is 627. The Hall–Kier alpha value is -1.56. The first kappa shape index (κ1) is 14.8. The van der Waals surface area contributed by atoms with Gasteiger partial charge >= 0.3 is 5.97 Å². The zero-order valence-electron chi connectivity index (χ0n) is 11.5. The smallest absolute Gasteiger partial charge is 0.313 e. The van der Waals surface area contributed by atoms with E-state index in [2.05, 4.69) is 18.8 Å². The van der Waals surface area contributed by atoms with E-state index in [0.717, 1.165) is 11.9 Å². The molecule has 2 rings (SSSR count). The maximum Gasteiger partial charge on any atom is 0.313 e. The van der Waals surface area contributed by atoms with Gasteiger partial charge in [0.15, 0.2) is 5.16 Å². The van der Waals surface area contributed by atoms with E-state index in [0.29, 0.717) is 23.1 Å². The van der Waals surface area contributed by atoms with Gasteiger partial charge in [-0.2, -0.15) is 0 Å². The molecule has 6 heteroatoms. The largest absolute Gasteiger partial charge is 0.481 e. The second-order valence-electron chi connectivity index (χ2n) is 4.83. The zero-order chi connectivity index (χ0) is 14.7. The number of hydrogen-bond acceptors (Lipinski definition) is 3. The van der Waals surface area contributed by atoms with E-state index in [1.165, 1.54) is 23.9 Å². The molecule has 0 aliphatic rings. The predicted molar refractivity (Wildman–Crippen MR) is 77.5 cm³/mol. The lowest BCUT2D eigenvalue weighted by Gasteiger charge is -2.13. The molecule has 108 valence electrons. The van der Waals surface area contributed by atoms with Crippen molar-refractivity contribution in [3.05, 3.63) is 24.0 Å². The van der Waals surface area contributed by atoms with Gasteiger partial charge < -0.3 is 9.67 Å². The summed E-state index contributed by atoms with van der Waals surface area (Å²) >= 11 is 1.17. The average Bonchev–Trinajstić information content (AvgIpc) is 2.74. The third kappa shape index (κ3) is 3.30. The van der Waals surface area contributed by atoms with Crippen LogP contribution in [0.25, 0.3) is 11.0 Å². The van der Waals surface area contributed by atoms with Crippen molar-refractivity contribution in [2.24, 2.45) is 5.92 Å². The van der Waals surface area contributed by atoms with Gasteiger partial charge in [0.05, 0.1) is 16.8 Å². The van der Waals surface area contributed by atoms with Crippen LogP contribution in [0.2, 0.25) is 0 Å². The molecular formula is C14H17FN2O2S. The predicted octanol–water partition coefficient (Wildman–Crippen LogP) is 3.40. The van der Waals surface area contributed by atoms with E-state index in [-0.39, 0.29) is 11.6 Å². The van der Waals surface area contributed by atoms with Crippen LogP contribution in [0.5, 0.6) is 0 Å². The molecule has 1 aromatic carbocycles. The monoisotopic (exact) mass is 296 g/mol. The Labute approximate surface area is 121 Å². The molecule has 0 radical (unpaired) electrons. The van der Waals surface area contributed by atoms with Crippen molar-refractivity contribution in [3.8, 4) is 0 Å². The number of aliphatic carboxylic acids is 1. The number of aromatic nitrogens is 2. The summed E-state index contributed by atoms with van der Waals surface area (Å²) in [6.45, 7) is 4.91. The minimum atomic E-state index is -0.886. The molecular weight excluding hydrogens is 279 g/mol. The molecule has 4 nitrogen and oxygen atoms in total. The van der Waals surface area contributed by atoms with E-state index < -0.39 is 5.97 Å². The molecule has 1 unspecified atom stereocenters. The summed E-state index contributed by atoms with van der Waals surface area (Å²) in [6.07, 6.45) is 0.998. The summed E-state index contributed by atoms with van der Waals surface area (Å²) in [5.41, 5.74) is 1.42. The fourth-order valence-electron chi connectivity index (χ4n) is 1.93. The van der Waals surface area contributed by atoms with Crippen LogP contribution < -0.4 is 0 Å². The van der Waals surface area contributed by atoms with Gasteiger partial charge in [0.2, 0.25) is 0 Å². The Kier molecular flexibility index (Phi) is 4.65. The lowest BCUT2D eigenvalue weighted by molar-refractivity contribution is -0.133. The van der Waals surface area contributed by atoms with Crippen molar-refractivity contribution >= 4 is 28.8 Å². The SMILES string of the molecule is CCC(C)Cn1c(SCC(=O)O)nc2ccc(F)cc21. The number of thioether (sulfide) groups is 1. The summed E-state index contributed by atoms with van der Waals surface area (Å²) in [4.78, 5) is 15.1. The molecule has 0 aliphatic carbocycles. The molecule has 20 heavy (non-hydrogen) atoms. The quantitative estimate of drug-likeness (QED) is 0.830. The van der Waals surface area contributed by atoms with E-state index in [9.17, 15) is 9.18 Å².